The van der Waals surface area contributed by atoms with Crippen LogP contribution in [0.3, 0.4) is 0 Å². The summed E-state index contributed by atoms with van der Waals surface area (Å²) in [5, 5.41) is 18.2. The van der Waals surface area contributed by atoms with Gasteiger partial charge in [0.05, 0.1) is 23.1 Å². The van der Waals surface area contributed by atoms with Crippen molar-refractivity contribution in [2.75, 3.05) is 0 Å². The minimum Gasteiger partial charge on any atom is -0.564 e. The number of hydrogen-bond acceptors (Lipinski definition) is 5. The third-order valence-corrected chi connectivity index (χ3v) is 6.46. The monoisotopic (exact) mass is 414 g/mol. The van der Waals surface area contributed by atoms with E-state index < -0.39 is 11.9 Å². The topological polar surface area (TPSA) is 110 Å². The third kappa shape index (κ3) is 6.03. The zero-order chi connectivity index (χ0) is 21.5. The SMILES string of the molecule is O=Cc1cc(OBC2CCC(C(=O)O)CC2)ccc1OBC1CCC(C(=O)O)CC1. The van der Waals surface area contributed by atoms with Crippen LogP contribution in [0.4, 0.5) is 0 Å². The Morgan fingerprint density at radius 1 is 0.833 bits per heavy atom. The molecule has 0 radical (unpaired) electrons. The molecule has 2 fully saturated rings. The van der Waals surface area contributed by atoms with Crippen molar-refractivity contribution in [3.63, 3.8) is 0 Å². The molecular formula is C21H28B2O7. The molecule has 7 nitrogen and oxygen atoms in total. The quantitative estimate of drug-likeness (QED) is 0.472. The van der Waals surface area contributed by atoms with Crippen LogP contribution in [0.1, 0.15) is 61.7 Å². The van der Waals surface area contributed by atoms with Gasteiger partial charge in [-0.15, -0.1) is 0 Å². The maximum absolute atomic E-state index is 11.5. The molecule has 3 rings (SSSR count). The van der Waals surface area contributed by atoms with E-state index in [9.17, 15) is 14.4 Å². The molecule has 2 aliphatic carbocycles. The molecule has 160 valence electrons. The Morgan fingerprint density at radius 2 is 1.33 bits per heavy atom. The summed E-state index contributed by atoms with van der Waals surface area (Å²) >= 11 is 0. The molecule has 1 aromatic rings. The van der Waals surface area contributed by atoms with Gasteiger partial charge in [0.15, 0.2) is 6.29 Å². The Morgan fingerprint density at radius 3 is 1.80 bits per heavy atom. The number of aliphatic carboxylic acids is 2. The molecule has 30 heavy (non-hydrogen) atoms. The first-order valence-corrected chi connectivity index (χ1v) is 10.8. The summed E-state index contributed by atoms with van der Waals surface area (Å²) in [7, 11) is 0.984. The second kappa shape index (κ2) is 10.5. The fraction of sp³-hybridized carbons (Fsp3) is 0.571. The van der Waals surface area contributed by atoms with Crippen LogP contribution in [-0.4, -0.2) is 43.4 Å². The highest BCUT2D eigenvalue weighted by molar-refractivity contribution is 6.31. The molecule has 0 amide bonds. The molecular weight excluding hydrogens is 386 g/mol. The van der Waals surface area contributed by atoms with Crippen LogP contribution in [0, 0.1) is 11.8 Å². The van der Waals surface area contributed by atoms with Crippen LogP contribution < -0.4 is 9.31 Å². The molecule has 1 aromatic carbocycles. The fourth-order valence-electron chi connectivity index (χ4n) is 4.41. The van der Waals surface area contributed by atoms with Gasteiger partial charge in [-0.3, -0.25) is 14.4 Å². The molecule has 2 N–H and O–H groups in total. The summed E-state index contributed by atoms with van der Waals surface area (Å²) in [6.07, 6.45) is 6.77. The van der Waals surface area contributed by atoms with Crippen molar-refractivity contribution in [3.05, 3.63) is 23.8 Å². The molecule has 2 saturated carbocycles. The second-order valence-electron chi connectivity index (χ2n) is 8.55. The second-order valence-corrected chi connectivity index (χ2v) is 8.55. The number of carbonyl (C=O) groups excluding carboxylic acids is 1. The van der Waals surface area contributed by atoms with Gasteiger partial charge in [0.2, 0.25) is 0 Å². The lowest BCUT2D eigenvalue weighted by Gasteiger charge is -2.25. The van der Waals surface area contributed by atoms with Crippen molar-refractivity contribution in [1.82, 2.24) is 0 Å². The normalized spacial score (nSPS) is 26.3. The average molecular weight is 414 g/mol. The summed E-state index contributed by atoms with van der Waals surface area (Å²) in [5.74, 6) is -0.167. The number of benzene rings is 1. The minimum atomic E-state index is -0.719. The van der Waals surface area contributed by atoms with Crippen molar-refractivity contribution in [3.8, 4) is 11.5 Å². The van der Waals surface area contributed by atoms with E-state index in [1.807, 2.05) is 0 Å². The molecule has 0 heterocycles. The first kappa shape index (κ1) is 22.2. The van der Waals surface area contributed by atoms with Gasteiger partial charge in [-0.1, -0.05) is 25.7 Å². The lowest BCUT2D eigenvalue weighted by atomic mass is 9.68. The summed E-state index contributed by atoms with van der Waals surface area (Å²) in [6.45, 7) is 0. The molecule has 2 aliphatic rings. The minimum absolute atomic E-state index is 0.237. The van der Waals surface area contributed by atoms with E-state index in [0.717, 1.165) is 32.0 Å². The van der Waals surface area contributed by atoms with Gasteiger partial charge in [0.25, 0.3) is 0 Å². The number of aldehydes is 1. The van der Waals surface area contributed by atoms with E-state index in [1.165, 1.54) is 0 Å². The predicted octanol–water partition coefficient (Wildman–Crippen LogP) is 3.09. The first-order chi connectivity index (χ1) is 14.5. The lowest BCUT2D eigenvalue weighted by Crippen LogP contribution is -2.23. The Hall–Kier alpha value is -2.44. The standard InChI is InChI=1S/C21H28B2O7/c24-12-15-11-18(29-22-16-5-1-13(2-6-16)20(25)26)9-10-19(15)30-23-17-7-3-14(4-8-17)21(27)28/h9-14,16-17,22-23H,1-8H2,(H,25,26)(H,27,28). The van der Waals surface area contributed by atoms with Crippen LogP contribution in [-0.2, 0) is 9.59 Å². The van der Waals surface area contributed by atoms with Gasteiger partial charge in [-0.05, 0) is 55.5 Å². The van der Waals surface area contributed by atoms with Crippen LogP contribution in [0.2, 0.25) is 11.6 Å². The van der Waals surface area contributed by atoms with Crippen molar-refractivity contribution >= 4 is 33.2 Å². The molecule has 0 atom stereocenters. The average Bonchev–Trinajstić information content (AvgIpc) is 2.77. The number of carbonyl (C=O) groups is 3. The molecule has 9 heteroatoms. The Kier molecular flexibility index (Phi) is 7.82. The van der Waals surface area contributed by atoms with E-state index in [1.54, 1.807) is 18.2 Å². The molecule has 0 unspecified atom stereocenters. The Labute approximate surface area is 177 Å². The van der Waals surface area contributed by atoms with Gasteiger partial charge in [-0.2, -0.15) is 0 Å². The van der Waals surface area contributed by atoms with Crippen LogP contribution in [0.15, 0.2) is 18.2 Å². The van der Waals surface area contributed by atoms with Gasteiger partial charge in [-0.25, -0.2) is 0 Å². The van der Waals surface area contributed by atoms with Crippen molar-refractivity contribution < 1.29 is 33.9 Å². The molecule has 0 saturated heterocycles. The van der Waals surface area contributed by atoms with Gasteiger partial charge in [0, 0.05) is 0 Å². The lowest BCUT2D eigenvalue weighted by molar-refractivity contribution is -0.143. The summed E-state index contributed by atoms with van der Waals surface area (Å²) < 4.78 is 11.7. The van der Waals surface area contributed by atoms with Gasteiger partial charge >= 0.3 is 26.9 Å². The number of carboxylic acid groups (broad SMARTS) is 2. The number of rotatable bonds is 9. The first-order valence-electron chi connectivity index (χ1n) is 10.8. The highest BCUT2D eigenvalue weighted by atomic mass is 16.4. The smallest absolute Gasteiger partial charge is 0.343 e. The van der Waals surface area contributed by atoms with Crippen LogP contribution >= 0.6 is 0 Å². The predicted molar refractivity (Wildman–Crippen MR) is 114 cm³/mol. The van der Waals surface area contributed by atoms with Crippen molar-refractivity contribution in [2.24, 2.45) is 11.8 Å². The summed E-state index contributed by atoms with van der Waals surface area (Å²) in [6, 6.07) is 5.20. The van der Waals surface area contributed by atoms with E-state index >= 15 is 0 Å². The summed E-state index contributed by atoms with van der Waals surface area (Å²) in [5.41, 5.74) is 0.432. The zero-order valence-electron chi connectivity index (χ0n) is 17.1. The van der Waals surface area contributed by atoms with E-state index in [0.29, 0.717) is 69.3 Å². The van der Waals surface area contributed by atoms with Gasteiger partial charge < -0.3 is 19.5 Å². The van der Waals surface area contributed by atoms with Crippen LogP contribution in [0.5, 0.6) is 11.5 Å². The van der Waals surface area contributed by atoms with Crippen molar-refractivity contribution in [2.45, 2.75) is 63.0 Å². The largest absolute Gasteiger partial charge is 0.564 e. The van der Waals surface area contributed by atoms with E-state index in [2.05, 4.69) is 0 Å². The maximum atomic E-state index is 11.5. The third-order valence-electron chi connectivity index (χ3n) is 6.46. The molecule has 0 bridgehead atoms. The maximum Gasteiger partial charge on any atom is 0.343 e. The highest BCUT2D eigenvalue weighted by Crippen LogP contribution is 2.34. The van der Waals surface area contributed by atoms with E-state index in [-0.39, 0.29) is 11.8 Å². The summed E-state index contributed by atoms with van der Waals surface area (Å²) in [4.78, 5) is 33.6. The number of hydrogen-bond donors (Lipinski definition) is 2. The molecule has 0 aromatic heterocycles. The van der Waals surface area contributed by atoms with E-state index in [4.69, 9.17) is 19.5 Å². The number of carboxylic acids is 2. The molecule has 0 aliphatic heterocycles. The molecule has 0 spiro atoms. The Bertz CT molecular complexity index is 754. The van der Waals surface area contributed by atoms with Crippen LogP contribution in [0.25, 0.3) is 0 Å². The highest BCUT2D eigenvalue weighted by Gasteiger charge is 2.28. The van der Waals surface area contributed by atoms with Crippen molar-refractivity contribution in [1.29, 1.82) is 0 Å². The van der Waals surface area contributed by atoms with Gasteiger partial charge in [0.1, 0.15) is 5.75 Å². The Balaban J connectivity index is 1.46. The zero-order valence-corrected chi connectivity index (χ0v) is 17.1. The fourth-order valence-corrected chi connectivity index (χ4v) is 4.41.